The first-order valence-electron chi connectivity index (χ1n) is 8.17. The van der Waals surface area contributed by atoms with Crippen LogP contribution in [0.25, 0.3) is 5.69 Å². The molecule has 27 heavy (non-hydrogen) atoms. The summed E-state index contributed by atoms with van der Waals surface area (Å²) < 4.78 is 1.56. The van der Waals surface area contributed by atoms with Crippen LogP contribution in [0.4, 0.5) is 10.5 Å². The fraction of sp³-hybridized carbons (Fsp3) is 0.167. The molecule has 0 spiro atoms. The minimum atomic E-state index is -0.583. The van der Waals surface area contributed by atoms with Gasteiger partial charge in [0.2, 0.25) is 11.1 Å². The normalized spacial score (nSPS) is 10.4. The first kappa shape index (κ1) is 18.6. The predicted octanol–water partition coefficient (Wildman–Crippen LogP) is 2.72. The van der Waals surface area contributed by atoms with E-state index in [1.54, 1.807) is 28.9 Å². The summed E-state index contributed by atoms with van der Waals surface area (Å²) in [5.41, 5.74) is 3.71. The summed E-state index contributed by atoms with van der Waals surface area (Å²) in [6.45, 7) is 4.04. The first-order chi connectivity index (χ1) is 13.0. The molecule has 0 aliphatic heterocycles. The molecular weight excluding hydrogens is 364 g/mol. The van der Waals surface area contributed by atoms with Crippen molar-refractivity contribution in [3.8, 4) is 5.69 Å². The molecule has 0 saturated carbocycles. The molecule has 0 saturated heterocycles. The SMILES string of the molecule is Cc1ccc(-n2nnnc2SCC(=O)NC(=O)Nc2ccccc2)cc1C. The highest BCUT2D eigenvalue weighted by Gasteiger charge is 2.14. The minimum absolute atomic E-state index is 0.00737. The lowest BCUT2D eigenvalue weighted by Crippen LogP contribution is -2.35. The molecule has 3 aromatic rings. The molecule has 2 aromatic carbocycles. The maximum Gasteiger partial charge on any atom is 0.325 e. The summed E-state index contributed by atoms with van der Waals surface area (Å²) in [4.78, 5) is 23.9. The van der Waals surface area contributed by atoms with Crippen molar-refractivity contribution in [2.75, 3.05) is 11.1 Å². The number of amides is 3. The minimum Gasteiger partial charge on any atom is -0.308 e. The van der Waals surface area contributed by atoms with Gasteiger partial charge in [-0.05, 0) is 59.7 Å². The number of hydrogen-bond donors (Lipinski definition) is 2. The second kappa shape index (κ2) is 8.45. The Morgan fingerprint density at radius 3 is 2.59 bits per heavy atom. The van der Waals surface area contributed by atoms with Crippen molar-refractivity contribution in [3.63, 3.8) is 0 Å². The molecule has 2 N–H and O–H groups in total. The zero-order valence-electron chi connectivity index (χ0n) is 14.8. The van der Waals surface area contributed by atoms with Crippen LogP contribution in [0, 0.1) is 13.8 Å². The lowest BCUT2D eigenvalue weighted by atomic mass is 10.1. The van der Waals surface area contributed by atoms with Gasteiger partial charge in [0, 0.05) is 5.69 Å². The second-order valence-corrected chi connectivity index (χ2v) is 6.74. The van der Waals surface area contributed by atoms with Crippen LogP contribution < -0.4 is 10.6 Å². The molecule has 9 heteroatoms. The molecule has 0 atom stereocenters. The van der Waals surface area contributed by atoms with Crippen LogP contribution in [0.2, 0.25) is 0 Å². The summed E-state index contributed by atoms with van der Waals surface area (Å²) in [5, 5.41) is 16.9. The summed E-state index contributed by atoms with van der Waals surface area (Å²) in [7, 11) is 0. The van der Waals surface area contributed by atoms with Crippen LogP contribution in [0.3, 0.4) is 0 Å². The predicted molar refractivity (Wildman–Crippen MR) is 103 cm³/mol. The van der Waals surface area contributed by atoms with E-state index in [0.717, 1.165) is 23.0 Å². The van der Waals surface area contributed by atoms with Crippen LogP contribution in [-0.2, 0) is 4.79 Å². The summed E-state index contributed by atoms with van der Waals surface area (Å²) in [5.74, 6) is -0.434. The van der Waals surface area contributed by atoms with Gasteiger partial charge in [0.05, 0.1) is 11.4 Å². The van der Waals surface area contributed by atoms with E-state index < -0.39 is 11.9 Å². The Kier molecular flexibility index (Phi) is 5.82. The monoisotopic (exact) mass is 382 g/mol. The molecule has 0 aliphatic rings. The maximum absolute atomic E-state index is 12.0. The van der Waals surface area contributed by atoms with Gasteiger partial charge >= 0.3 is 6.03 Å². The zero-order chi connectivity index (χ0) is 19.2. The van der Waals surface area contributed by atoms with Crippen molar-refractivity contribution in [1.29, 1.82) is 0 Å². The van der Waals surface area contributed by atoms with Crippen LogP contribution in [0.15, 0.2) is 53.7 Å². The molecule has 3 rings (SSSR count). The number of aromatic nitrogens is 4. The van der Waals surface area contributed by atoms with Crippen LogP contribution in [0.5, 0.6) is 0 Å². The molecular formula is C18H18N6O2S. The number of nitrogens with zero attached hydrogens (tertiary/aromatic N) is 4. The van der Waals surface area contributed by atoms with Crippen molar-refractivity contribution < 1.29 is 9.59 Å². The lowest BCUT2D eigenvalue weighted by molar-refractivity contribution is -0.117. The van der Waals surface area contributed by atoms with Gasteiger partial charge in [-0.25, -0.2) is 4.79 Å². The van der Waals surface area contributed by atoms with Crippen LogP contribution in [-0.4, -0.2) is 37.9 Å². The number of hydrogen-bond acceptors (Lipinski definition) is 6. The number of urea groups is 1. The van der Waals surface area contributed by atoms with Crippen molar-refractivity contribution >= 4 is 29.4 Å². The molecule has 0 aliphatic carbocycles. The largest absolute Gasteiger partial charge is 0.325 e. The third kappa shape index (κ3) is 4.91. The van der Waals surface area contributed by atoms with E-state index >= 15 is 0 Å². The Morgan fingerprint density at radius 1 is 1.07 bits per heavy atom. The van der Waals surface area contributed by atoms with Crippen molar-refractivity contribution in [3.05, 3.63) is 59.7 Å². The van der Waals surface area contributed by atoms with E-state index in [1.165, 1.54) is 5.56 Å². The highest BCUT2D eigenvalue weighted by molar-refractivity contribution is 7.99. The number of rotatable bonds is 5. The number of tetrazole rings is 1. The number of nitrogens with one attached hydrogen (secondary N) is 2. The summed E-state index contributed by atoms with van der Waals surface area (Å²) in [6, 6.07) is 14.2. The number of thioether (sulfide) groups is 1. The average molecular weight is 382 g/mol. The van der Waals surface area contributed by atoms with Crippen LogP contribution in [0.1, 0.15) is 11.1 Å². The fourth-order valence-electron chi connectivity index (χ4n) is 2.26. The highest BCUT2D eigenvalue weighted by Crippen LogP contribution is 2.20. The van der Waals surface area contributed by atoms with Gasteiger partial charge in [0.1, 0.15) is 0 Å². The Labute approximate surface area is 160 Å². The Balaban J connectivity index is 1.57. The van der Waals surface area contributed by atoms with Crippen molar-refractivity contribution in [1.82, 2.24) is 25.5 Å². The molecule has 3 amide bonds. The van der Waals surface area contributed by atoms with Gasteiger partial charge in [0.25, 0.3) is 0 Å². The van der Waals surface area contributed by atoms with Gasteiger partial charge < -0.3 is 5.32 Å². The van der Waals surface area contributed by atoms with Gasteiger partial charge in [-0.15, -0.1) is 5.10 Å². The third-order valence-corrected chi connectivity index (χ3v) is 4.71. The van der Waals surface area contributed by atoms with Gasteiger partial charge in [-0.1, -0.05) is 36.0 Å². The van der Waals surface area contributed by atoms with E-state index in [4.69, 9.17) is 0 Å². The smallest absolute Gasteiger partial charge is 0.308 e. The quantitative estimate of drug-likeness (QED) is 0.658. The van der Waals surface area contributed by atoms with E-state index in [1.807, 2.05) is 38.1 Å². The van der Waals surface area contributed by atoms with E-state index in [0.29, 0.717) is 10.8 Å². The number of anilines is 1. The highest BCUT2D eigenvalue weighted by atomic mass is 32.2. The topological polar surface area (TPSA) is 102 Å². The molecule has 1 heterocycles. The van der Waals surface area contributed by atoms with Gasteiger partial charge in [-0.2, -0.15) is 4.68 Å². The number of carbonyl (C=O) groups is 2. The van der Waals surface area contributed by atoms with Gasteiger partial charge in [0.15, 0.2) is 0 Å². The van der Waals surface area contributed by atoms with E-state index in [2.05, 4.69) is 26.2 Å². The molecule has 0 radical (unpaired) electrons. The number of imide groups is 1. The van der Waals surface area contributed by atoms with E-state index in [-0.39, 0.29) is 5.75 Å². The van der Waals surface area contributed by atoms with Crippen LogP contribution >= 0.6 is 11.8 Å². The molecule has 0 unspecified atom stereocenters. The Hall–Kier alpha value is -3.20. The summed E-state index contributed by atoms with van der Waals surface area (Å²) >= 11 is 1.15. The van der Waals surface area contributed by atoms with E-state index in [9.17, 15) is 9.59 Å². The number of benzene rings is 2. The Morgan fingerprint density at radius 2 is 1.85 bits per heavy atom. The number of aryl methyl sites for hydroxylation is 2. The standard InChI is InChI=1S/C18H18N6O2S/c1-12-8-9-15(10-13(12)2)24-18(21-22-23-24)27-11-16(25)20-17(26)19-14-6-4-3-5-7-14/h3-10H,11H2,1-2H3,(H2,19,20,25,26). The first-order valence-corrected chi connectivity index (χ1v) is 9.16. The number of carbonyl (C=O) groups excluding carboxylic acids is 2. The van der Waals surface area contributed by atoms with Gasteiger partial charge in [-0.3, -0.25) is 10.1 Å². The fourth-order valence-corrected chi connectivity index (χ4v) is 2.96. The molecule has 8 nitrogen and oxygen atoms in total. The lowest BCUT2D eigenvalue weighted by Gasteiger charge is -2.08. The molecule has 0 fully saturated rings. The van der Waals surface area contributed by atoms with Crippen molar-refractivity contribution in [2.24, 2.45) is 0 Å². The zero-order valence-corrected chi connectivity index (χ0v) is 15.7. The third-order valence-electron chi connectivity index (χ3n) is 3.79. The number of para-hydroxylation sites is 1. The maximum atomic E-state index is 12.0. The van der Waals surface area contributed by atoms with Crippen molar-refractivity contribution in [2.45, 2.75) is 19.0 Å². The Bertz CT molecular complexity index is 957. The molecule has 138 valence electrons. The molecule has 1 aromatic heterocycles. The molecule has 0 bridgehead atoms. The second-order valence-electron chi connectivity index (χ2n) is 5.80. The summed E-state index contributed by atoms with van der Waals surface area (Å²) in [6.07, 6.45) is 0. The average Bonchev–Trinajstić information content (AvgIpc) is 3.11.